The number of nitro benzene ring substituents is 1. The molecule has 3 rings (SSSR count). The predicted octanol–water partition coefficient (Wildman–Crippen LogP) is 1.66. The smallest absolute Gasteiger partial charge is 0.312 e. The van der Waals surface area contributed by atoms with Crippen molar-refractivity contribution in [2.75, 3.05) is 26.2 Å². The van der Waals surface area contributed by atoms with E-state index in [1.807, 2.05) is 30.3 Å². The van der Waals surface area contributed by atoms with Crippen molar-refractivity contribution in [1.29, 1.82) is 0 Å². The second-order valence-corrected chi connectivity index (χ2v) is 9.74. The van der Waals surface area contributed by atoms with Crippen molar-refractivity contribution < 1.29 is 27.7 Å². The summed E-state index contributed by atoms with van der Waals surface area (Å²) in [6, 6.07) is 12.4. The first-order valence-corrected chi connectivity index (χ1v) is 12.1. The van der Waals surface area contributed by atoms with Crippen LogP contribution in [0.3, 0.4) is 0 Å². The van der Waals surface area contributed by atoms with Crippen molar-refractivity contribution in [2.24, 2.45) is 5.73 Å². The molecule has 12 heteroatoms. The zero-order valence-corrected chi connectivity index (χ0v) is 19.3. The van der Waals surface area contributed by atoms with Crippen molar-refractivity contribution >= 4 is 27.5 Å². The molecule has 0 atom stereocenters. The highest BCUT2D eigenvalue weighted by Crippen LogP contribution is 2.31. The number of primary amides is 1. The minimum atomic E-state index is -3.85. The van der Waals surface area contributed by atoms with Crippen LogP contribution in [-0.2, 0) is 26.2 Å². The molecule has 2 N–H and O–H groups in total. The first-order valence-electron chi connectivity index (χ1n) is 10.7. The van der Waals surface area contributed by atoms with E-state index in [1.54, 1.807) is 0 Å². The molecule has 0 unspecified atom stereocenters. The second-order valence-electron chi connectivity index (χ2n) is 7.80. The molecule has 34 heavy (non-hydrogen) atoms. The summed E-state index contributed by atoms with van der Waals surface area (Å²) in [5, 5.41) is 11.6. The number of nitrogens with two attached hydrogens (primary N) is 1. The average Bonchev–Trinajstić information content (AvgIpc) is 3.36. The Morgan fingerprint density at radius 1 is 1.12 bits per heavy atom. The third kappa shape index (κ3) is 6.29. The number of nitro groups is 1. The van der Waals surface area contributed by atoms with Crippen molar-refractivity contribution in [3.63, 3.8) is 0 Å². The van der Waals surface area contributed by atoms with Crippen LogP contribution in [0.15, 0.2) is 53.4 Å². The van der Waals surface area contributed by atoms with E-state index in [4.69, 9.17) is 10.5 Å². The molecule has 1 heterocycles. The van der Waals surface area contributed by atoms with Crippen LogP contribution in [0.5, 0.6) is 5.75 Å². The van der Waals surface area contributed by atoms with E-state index in [0.29, 0.717) is 13.1 Å². The van der Waals surface area contributed by atoms with Gasteiger partial charge in [0.25, 0.3) is 5.91 Å². The maximum atomic E-state index is 12.8. The number of amides is 2. The molecule has 2 aromatic carbocycles. The second kappa shape index (κ2) is 11.1. The lowest BCUT2D eigenvalue weighted by Gasteiger charge is -2.22. The number of carbonyl (C=O) groups excluding carboxylic acids is 2. The number of benzene rings is 2. The van der Waals surface area contributed by atoms with E-state index >= 15 is 0 Å². The topological polar surface area (TPSA) is 153 Å². The van der Waals surface area contributed by atoms with Crippen LogP contribution >= 0.6 is 0 Å². The summed E-state index contributed by atoms with van der Waals surface area (Å²) in [7, 11) is -3.85. The Bertz CT molecular complexity index is 1150. The number of hydrogen-bond donors (Lipinski definition) is 1. The molecule has 0 spiro atoms. The molecule has 1 fully saturated rings. The summed E-state index contributed by atoms with van der Waals surface area (Å²) < 4.78 is 32.2. The third-order valence-electron chi connectivity index (χ3n) is 5.38. The molecule has 0 bridgehead atoms. The van der Waals surface area contributed by atoms with Crippen LogP contribution in [0.25, 0.3) is 0 Å². The summed E-state index contributed by atoms with van der Waals surface area (Å²) in [4.78, 5) is 36.0. The predicted molar refractivity (Wildman–Crippen MR) is 122 cm³/mol. The Morgan fingerprint density at radius 2 is 1.79 bits per heavy atom. The molecule has 0 radical (unpaired) electrons. The molecule has 0 saturated carbocycles. The molecular weight excluding hydrogens is 464 g/mol. The van der Waals surface area contributed by atoms with E-state index in [2.05, 4.69) is 0 Å². The number of hydrogen-bond acceptors (Lipinski definition) is 7. The van der Waals surface area contributed by atoms with Gasteiger partial charge in [-0.25, -0.2) is 8.42 Å². The van der Waals surface area contributed by atoms with E-state index in [-0.39, 0.29) is 30.2 Å². The highest BCUT2D eigenvalue weighted by atomic mass is 32.2. The molecule has 0 aromatic heterocycles. The largest absolute Gasteiger partial charge is 0.477 e. The summed E-state index contributed by atoms with van der Waals surface area (Å²) in [5.41, 5.74) is 5.48. The third-order valence-corrected chi connectivity index (χ3v) is 7.27. The van der Waals surface area contributed by atoms with Crippen LogP contribution in [0.4, 0.5) is 5.69 Å². The van der Waals surface area contributed by atoms with Gasteiger partial charge in [-0.2, -0.15) is 4.31 Å². The maximum Gasteiger partial charge on any atom is 0.312 e. The molecule has 1 aliphatic rings. The summed E-state index contributed by atoms with van der Waals surface area (Å²) in [6.45, 7) is 0.453. The Hall–Kier alpha value is -3.51. The summed E-state index contributed by atoms with van der Waals surface area (Å²) in [5.74, 6) is -1.31. The fourth-order valence-electron chi connectivity index (χ4n) is 3.57. The van der Waals surface area contributed by atoms with E-state index < -0.39 is 39.1 Å². The molecule has 11 nitrogen and oxygen atoms in total. The van der Waals surface area contributed by atoms with Crippen LogP contribution in [0.2, 0.25) is 0 Å². The lowest BCUT2D eigenvalue weighted by Crippen LogP contribution is -2.36. The van der Waals surface area contributed by atoms with Gasteiger partial charge in [0.1, 0.15) is 0 Å². The van der Waals surface area contributed by atoms with E-state index in [9.17, 15) is 28.1 Å². The SMILES string of the molecule is NC(=O)CCN(Cc1ccccc1)C(=O)COc1ccc(S(=O)(=O)N2CCCC2)cc1[N+](=O)[O-]. The lowest BCUT2D eigenvalue weighted by atomic mass is 10.2. The lowest BCUT2D eigenvalue weighted by molar-refractivity contribution is -0.386. The van der Waals surface area contributed by atoms with Gasteiger partial charge in [-0.1, -0.05) is 30.3 Å². The van der Waals surface area contributed by atoms with Gasteiger partial charge >= 0.3 is 5.69 Å². The molecule has 2 amide bonds. The Balaban J connectivity index is 1.75. The van der Waals surface area contributed by atoms with E-state index in [1.165, 1.54) is 21.3 Å². The molecule has 182 valence electrons. The van der Waals surface area contributed by atoms with Gasteiger partial charge < -0.3 is 15.4 Å². The monoisotopic (exact) mass is 490 g/mol. The van der Waals surface area contributed by atoms with Gasteiger partial charge in [0.15, 0.2) is 12.4 Å². The average molecular weight is 491 g/mol. The molecule has 1 aliphatic heterocycles. The van der Waals surface area contributed by atoms with Crippen LogP contribution in [0.1, 0.15) is 24.8 Å². The van der Waals surface area contributed by atoms with Gasteiger partial charge in [-0.05, 0) is 30.5 Å². The van der Waals surface area contributed by atoms with Crippen LogP contribution < -0.4 is 10.5 Å². The first kappa shape index (κ1) is 25.1. The maximum absolute atomic E-state index is 12.8. The normalized spacial score (nSPS) is 14.0. The number of carbonyl (C=O) groups is 2. The van der Waals surface area contributed by atoms with Crippen molar-refractivity contribution in [1.82, 2.24) is 9.21 Å². The van der Waals surface area contributed by atoms with Crippen molar-refractivity contribution in [2.45, 2.75) is 30.7 Å². The number of sulfonamides is 1. The Morgan fingerprint density at radius 3 is 2.41 bits per heavy atom. The van der Waals surface area contributed by atoms with Gasteiger partial charge in [0.05, 0.1) is 9.82 Å². The highest BCUT2D eigenvalue weighted by Gasteiger charge is 2.30. The first-order chi connectivity index (χ1) is 16.2. The van der Waals surface area contributed by atoms with Crippen LogP contribution in [-0.4, -0.2) is 60.6 Å². The van der Waals surface area contributed by atoms with E-state index in [0.717, 1.165) is 24.5 Å². The van der Waals surface area contributed by atoms with Gasteiger partial charge in [-0.3, -0.25) is 19.7 Å². The molecule has 1 saturated heterocycles. The van der Waals surface area contributed by atoms with Gasteiger partial charge in [-0.15, -0.1) is 0 Å². The highest BCUT2D eigenvalue weighted by molar-refractivity contribution is 7.89. The summed E-state index contributed by atoms with van der Waals surface area (Å²) >= 11 is 0. The minimum Gasteiger partial charge on any atom is -0.477 e. The van der Waals surface area contributed by atoms with Crippen molar-refractivity contribution in [3.8, 4) is 5.75 Å². The quantitative estimate of drug-likeness (QED) is 0.371. The zero-order valence-electron chi connectivity index (χ0n) is 18.5. The summed E-state index contributed by atoms with van der Waals surface area (Å²) in [6.07, 6.45) is 1.42. The van der Waals surface area contributed by atoms with Crippen molar-refractivity contribution in [3.05, 3.63) is 64.2 Å². The Labute approximate surface area is 197 Å². The van der Waals surface area contributed by atoms with Gasteiger partial charge in [0, 0.05) is 38.7 Å². The fraction of sp³-hybridized carbons (Fsp3) is 0.364. The number of nitrogens with zero attached hydrogens (tertiary/aromatic N) is 3. The molecule has 2 aromatic rings. The van der Waals surface area contributed by atoms with Gasteiger partial charge in [0.2, 0.25) is 15.9 Å². The molecule has 0 aliphatic carbocycles. The standard InChI is InChI=1S/C22H26N4O7S/c23-21(27)10-13-24(15-17-6-2-1-3-7-17)22(28)16-33-20-9-8-18(14-19(20)26(29)30)34(31,32)25-11-4-5-12-25/h1-3,6-9,14H,4-5,10-13,15-16H2,(H2,23,27). The van der Waals surface area contributed by atoms with Crippen LogP contribution in [0, 0.1) is 10.1 Å². The number of ether oxygens (including phenoxy) is 1. The zero-order chi connectivity index (χ0) is 24.7. The minimum absolute atomic E-state index is 0.0538. The fourth-order valence-corrected chi connectivity index (χ4v) is 5.11. The molecular formula is C22H26N4O7S. The Kier molecular flexibility index (Phi) is 8.18. The number of rotatable bonds is 11.